The van der Waals surface area contributed by atoms with Gasteiger partial charge in [0.25, 0.3) is 0 Å². The topological polar surface area (TPSA) is 63.7 Å². The zero-order valence-electron chi connectivity index (χ0n) is 23.3. The number of imide groups is 1. The Labute approximate surface area is 239 Å². The summed E-state index contributed by atoms with van der Waals surface area (Å²) in [6.45, 7) is 6.51. The standard InChI is InChI=1S/C36H31NO4/c1-4-36(2,3)22-16-18-24(19-17-22)41-35(40)21-10-9-11-23(20-21)37-33(38)31-29-25-12-5-6-13-26(25)30(32(31)34(37)39)28-15-8-7-14-27(28)29/h5-20,29-32H,4H2,1-3H3/t29?,30?,31-,32-/m0/s1. The van der Waals surface area contributed by atoms with Crippen molar-refractivity contribution in [1.82, 2.24) is 0 Å². The lowest BCUT2D eigenvalue weighted by atomic mass is 9.55. The summed E-state index contributed by atoms with van der Waals surface area (Å²) in [4.78, 5) is 42.5. The maximum Gasteiger partial charge on any atom is 0.343 e. The SMILES string of the molecule is CCC(C)(C)c1ccc(OC(=O)c2cccc(N3C(=O)[C@H]4C5c6ccccc6C(c6ccccc65)[C@@H]4C3=O)c2)cc1. The molecule has 4 aromatic rings. The minimum Gasteiger partial charge on any atom is -0.423 e. The molecule has 1 fully saturated rings. The molecule has 0 radical (unpaired) electrons. The molecule has 2 amide bonds. The van der Waals surface area contributed by atoms with Crippen LogP contribution in [0.4, 0.5) is 5.69 Å². The van der Waals surface area contributed by atoms with Gasteiger partial charge in [-0.05, 0) is 70.0 Å². The van der Waals surface area contributed by atoms with Gasteiger partial charge in [0, 0.05) is 11.8 Å². The zero-order valence-corrected chi connectivity index (χ0v) is 23.3. The molecule has 0 unspecified atom stereocenters. The average molecular weight is 542 g/mol. The van der Waals surface area contributed by atoms with Gasteiger partial charge in [0.2, 0.25) is 11.8 Å². The van der Waals surface area contributed by atoms with Crippen LogP contribution in [0.3, 0.4) is 0 Å². The smallest absolute Gasteiger partial charge is 0.343 e. The molecule has 41 heavy (non-hydrogen) atoms. The van der Waals surface area contributed by atoms with Crippen molar-refractivity contribution in [1.29, 1.82) is 0 Å². The highest BCUT2D eigenvalue weighted by Gasteiger charge is 2.61. The van der Waals surface area contributed by atoms with Crippen LogP contribution >= 0.6 is 0 Å². The number of hydrogen-bond donors (Lipinski definition) is 0. The van der Waals surface area contributed by atoms with Crippen LogP contribution in [-0.2, 0) is 15.0 Å². The summed E-state index contributed by atoms with van der Waals surface area (Å²) >= 11 is 0. The average Bonchev–Trinajstić information content (AvgIpc) is 3.27. The molecule has 0 saturated carbocycles. The highest BCUT2D eigenvalue weighted by Crippen LogP contribution is 2.61. The Kier molecular flexibility index (Phi) is 5.75. The minimum absolute atomic E-state index is 0.0328. The molecule has 4 aromatic carbocycles. The molecule has 2 atom stereocenters. The van der Waals surface area contributed by atoms with E-state index < -0.39 is 17.8 Å². The van der Waals surface area contributed by atoms with Gasteiger partial charge in [-0.2, -0.15) is 0 Å². The number of anilines is 1. The third-order valence-electron chi connectivity index (χ3n) is 9.52. The van der Waals surface area contributed by atoms with Crippen molar-refractivity contribution in [3.63, 3.8) is 0 Å². The van der Waals surface area contributed by atoms with Gasteiger partial charge in [-0.3, -0.25) is 9.59 Å². The molecular weight excluding hydrogens is 510 g/mol. The Morgan fingerprint density at radius 1 is 0.732 bits per heavy atom. The third-order valence-corrected chi connectivity index (χ3v) is 9.52. The van der Waals surface area contributed by atoms with Crippen molar-refractivity contribution < 1.29 is 19.1 Å². The number of esters is 1. The lowest BCUT2D eigenvalue weighted by Gasteiger charge is -2.45. The quantitative estimate of drug-likeness (QED) is 0.155. The van der Waals surface area contributed by atoms with Crippen LogP contribution in [0.1, 0.15) is 77.2 Å². The molecule has 0 aromatic heterocycles. The first-order valence-electron chi connectivity index (χ1n) is 14.3. The summed E-state index contributed by atoms with van der Waals surface area (Å²) < 4.78 is 5.67. The molecule has 3 aliphatic carbocycles. The molecule has 1 heterocycles. The van der Waals surface area contributed by atoms with Gasteiger partial charge < -0.3 is 4.74 Å². The molecule has 1 saturated heterocycles. The number of rotatable bonds is 5. The van der Waals surface area contributed by atoms with E-state index in [1.54, 1.807) is 36.4 Å². The van der Waals surface area contributed by atoms with Gasteiger partial charge in [0.1, 0.15) is 5.75 Å². The second-order valence-electron chi connectivity index (χ2n) is 12.0. The molecule has 0 spiro atoms. The number of hydrogen-bond acceptors (Lipinski definition) is 4. The molecule has 4 aliphatic rings. The third kappa shape index (κ3) is 3.79. The van der Waals surface area contributed by atoms with Crippen molar-refractivity contribution in [2.24, 2.45) is 11.8 Å². The summed E-state index contributed by atoms with van der Waals surface area (Å²) in [5.74, 6) is -1.80. The molecule has 1 aliphatic heterocycles. The summed E-state index contributed by atoms with van der Waals surface area (Å²) in [5, 5.41) is 0. The normalized spacial score (nSPS) is 22.3. The number of ether oxygens (including phenoxy) is 1. The fraction of sp³-hybridized carbons (Fsp3) is 0.250. The van der Waals surface area contributed by atoms with Crippen molar-refractivity contribution in [2.45, 2.75) is 44.4 Å². The molecular formula is C36H31NO4. The van der Waals surface area contributed by atoms with Crippen LogP contribution < -0.4 is 9.64 Å². The lowest BCUT2D eigenvalue weighted by molar-refractivity contribution is -0.122. The Morgan fingerprint density at radius 2 is 1.24 bits per heavy atom. The van der Waals surface area contributed by atoms with Crippen molar-refractivity contribution in [3.05, 3.63) is 130 Å². The summed E-state index contributed by atoms with van der Waals surface area (Å²) in [5.41, 5.74) is 6.41. The van der Waals surface area contributed by atoms with Crippen molar-refractivity contribution >= 4 is 23.5 Å². The molecule has 5 nitrogen and oxygen atoms in total. The van der Waals surface area contributed by atoms with Crippen LogP contribution in [-0.4, -0.2) is 17.8 Å². The Morgan fingerprint density at radius 3 is 1.73 bits per heavy atom. The summed E-state index contributed by atoms with van der Waals surface area (Å²) in [6, 6.07) is 30.6. The summed E-state index contributed by atoms with van der Waals surface area (Å²) in [6.07, 6.45) is 0.994. The van der Waals surface area contributed by atoms with E-state index in [0.717, 1.165) is 28.7 Å². The second kappa shape index (κ2) is 9.27. The van der Waals surface area contributed by atoms with E-state index in [-0.39, 0.29) is 34.6 Å². The molecule has 5 heteroatoms. The predicted octanol–water partition coefficient (Wildman–Crippen LogP) is 6.99. The Hall–Kier alpha value is -4.51. The van der Waals surface area contributed by atoms with Crippen molar-refractivity contribution in [3.8, 4) is 5.75 Å². The van der Waals surface area contributed by atoms with E-state index in [0.29, 0.717) is 11.4 Å². The largest absolute Gasteiger partial charge is 0.423 e. The maximum atomic E-state index is 14.1. The van der Waals surface area contributed by atoms with Gasteiger partial charge in [0.05, 0.1) is 23.1 Å². The maximum absolute atomic E-state index is 14.1. The second-order valence-corrected chi connectivity index (χ2v) is 12.0. The fourth-order valence-corrected chi connectivity index (χ4v) is 7.05. The van der Waals surface area contributed by atoms with E-state index >= 15 is 0 Å². The first-order valence-corrected chi connectivity index (χ1v) is 14.3. The van der Waals surface area contributed by atoms with Crippen molar-refractivity contribution in [2.75, 3.05) is 4.90 Å². The minimum atomic E-state index is -0.536. The number of benzene rings is 4. The zero-order chi connectivity index (χ0) is 28.5. The highest BCUT2D eigenvalue weighted by molar-refractivity contribution is 6.23. The van der Waals surface area contributed by atoms with Gasteiger partial charge in [-0.1, -0.05) is 87.5 Å². The first-order chi connectivity index (χ1) is 19.8. The fourth-order valence-electron chi connectivity index (χ4n) is 7.05. The number of carbonyl (C=O) groups excluding carboxylic acids is 3. The van der Waals surface area contributed by atoms with Crippen LogP contribution in [0.15, 0.2) is 97.1 Å². The van der Waals surface area contributed by atoms with E-state index in [4.69, 9.17) is 4.74 Å². The van der Waals surface area contributed by atoms with E-state index in [1.807, 2.05) is 36.4 Å². The van der Waals surface area contributed by atoms with Gasteiger partial charge in [0.15, 0.2) is 0 Å². The van der Waals surface area contributed by atoms with Gasteiger partial charge in [-0.25, -0.2) is 9.69 Å². The van der Waals surface area contributed by atoms with E-state index in [1.165, 1.54) is 10.5 Å². The van der Waals surface area contributed by atoms with Gasteiger partial charge in [-0.15, -0.1) is 0 Å². The van der Waals surface area contributed by atoms with Crippen LogP contribution in [0.25, 0.3) is 0 Å². The molecule has 2 bridgehead atoms. The number of carbonyl (C=O) groups is 3. The van der Waals surface area contributed by atoms with E-state index in [9.17, 15) is 14.4 Å². The van der Waals surface area contributed by atoms with Crippen LogP contribution in [0.5, 0.6) is 5.75 Å². The monoisotopic (exact) mass is 541 g/mol. The van der Waals surface area contributed by atoms with Crippen LogP contribution in [0, 0.1) is 11.8 Å². The number of amides is 2. The highest BCUT2D eigenvalue weighted by atomic mass is 16.5. The Balaban J connectivity index is 1.19. The van der Waals surface area contributed by atoms with Gasteiger partial charge >= 0.3 is 5.97 Å². The molecule has 0 N–H and O–H groups in total. The first kappa shape index (κ1) is 25.5. The van der Waals surface area contributed by atoms with E-state index in [2.05, 4.69) is 45.0 Å². The van der Waals surface area contributed by atoms with Crippen LogP contribution in [0.2, 0.25) is 0 Å². The predicted molar refractivity (Wildman–Crippen MR) is 157 cm³/mol. The Bertz CT molecular complexity index is 1600. The lowest BCUT2D eigenvalue weighted by Crippen LogP contribution is -2.41. The molecule has 8 rings (SSSR count). The molecule has 204 valence electrons. The number of nitrogens with zero attached hydrogens (tertiary/aromatic N) is 1. The summed E-state index contributed by atoms with van der Waals surface area (Å²) in [7, 11) is 0.